The Hall–Kier alpha value is -2.30. The Labute approximate surface area is 123 Å². The van der Waals surface area contributed by atoms with Gasteiger partial charge in [0.25, 0.3) is 0 Å². The lowest BCUT2D eigenvalue weighted by Gasteiger charge is -2.27. The number of para-hydroxylation sites is 1. The molecule has 0 saturated heterocycles. The number of rotatable bonds is 5. The first-order valence-corrected chi connectivity index (χ1v) is 6.91. The zero-order valence-electron chi connectivity index (χ0n) is 12.4. The summed E-state index contributed by atoms with van der Waals surface area (Å²) in [5.41, 5.74) is 0.724. The average Bonchev–Trinajstić information content (AvgIpc) is 2.86. The summed E-state index contributed by atoms with van der Waals surface area (Å²) in [6, 6.07) is 9.17. The van der Waals surface area contributed by atoms with Crippen molar-refractivity contribution in [1.29, 1.82) is 0 Å². The van der Waals surface area contributed by atoms with E-state index in [2.05, 4.69) is 0 Å². The quantitative estimate of drug-likeness (QED) is 0.918. The van der Waals surface area contributed by atoms with Crippen LogP contribution in [0.15, 0.2) is 34.7 Å². The SMILES string of the molecule is CC(C(=O)N(CC(=O)O)C(C)C)c1cc2ccccc2o1. The van der Waals surface area contributed by atoms with Gasteiger partial charge in [-0.25, -0.2) is 0 Å². The Morgan fingerprint density at radius 2 is 1.90 bits per heavy atom. The molecule has 0 aliphatic carbocycles. The maximum Gasteiger partial charge on any atom is 0.323 e. The predicted molar refractivity (Wildman–Crippen MR) is 79.1 cm³/mol. The molecule has 2 aromatic rings. The molecule has 1 heterocycles. The second-order valence-corrected chi connectivity index (χ2v) is 5.36. The Morgan fingerprint density at radius 1 is 1.24 bits per heavy atom. The summed E-state index contributed by atoms with van der Waals surface area (Å²) in [4.78, 5) is 24.7. The molecule has 112 valence electrons. The number of carboxylic acids is 1. The topological polar surface area (TPSA) is 70.8 Å². The lowest BCUT2D eigenvalue weighted by atomic mass is 10.1. The molecule has 0 fully saturated rings. The van der Waals surface area contributed by atoms with E-state index in [1.807, 2.05) is 30.3 Å². The van der Waals surface area contributed by atoms with E-state index in [1.54, 1.807) is 20.8 Å². The van der Waals surface area contributed by atoms with E-state index >= 15 is 0 Å². The minimum Gasteiger partial charge on any atom is -0.480 e. The number of carbonyl (C=O) groups excluding carboxylic acids is 1. The molecule has 0 aliphatic rings. The molecule has 0 bridgehead atoms. The summed E-state index contributed by atoms with van der Waals surface area (Å²) >= 11 is 0. The van der Waals surface area contributed by atoms with Crippen LogP contribution in [0.1, 0.15) is 32.4 Å². The highest BCUT2D eigenvalue weighted by molar-refractivity contribution is 5.87. The van der Waals surface area contributed by atoms with Crippen LogP contribution in [-0.4, -0.2) is 34.5 Å². The number of carboxylic acid groups (broad SMARTS) is 1. The lowest BCUT2D eigenvalue weighted by molar-refractivity contribution is -0.146. The fourth-order valence-electron chi connectivity index (χ4n) is 2.25. The van der Waals surface area contributed by atoms with Crippen LogP contribution >= 0.6 is 0 Å². The Balaban J connectivity index is 2.26. The molecule has 1 amide bonds. The van der Waals surface area contributed by atoms with Crippen molar-refractivity contribution in [3.63, 3.8) is 0 Å². The third kappa shape index (κ3) is 3.24. The zero-order valence-corrected chi connectivity index (χ0v) is 12.4. The van der Waals surface area contributed by atoms with Gasteiger partial charge in [0.1, 0.15) is 17.9 Å². The number of hydrogen-bond acceptors (Lipinski definition) is 3. The molecule has 1 unspecified atom stereocenters. The molecule has 1 atom stereocenters. The number of nitrogens with zero attached hydrogens (tertiary/aromatic N) is 1. The second kappa shape index (κ2) is 5.99. The van der Waals surface area contributed by atoms with Crippen LogP contribution < -0.4 is 0 Å². The Bertz CT molecular complexity index is 626. The first kappa shape index (κ1) is 15.1. The maximum absolute atomic E-state index is 12.5. The van der Waals surface area contributed by atoms with Crippen LogP contribution in [0.2, 0.25) is 0 Å². The van der Waals surface area contributed by atoms with Gasteiger partial charge < -0.3 is 14.4 Å². The molecule has 0 aliphatic heterocycles. The zero-order chi connectivity index (χ0) is 15.6. The van der Waals surface area contributed by atoms with Crippen molar-refractivity contribution >= 4 is 22.8 Å². The number of aliphatic carboxylic acids is 1. The van der Waals surface area contributed by atoms with Crippen LogP contribution in [0.25, 0.3) is 11.0 Å². The molecule has 2 rings (SSSR count). The summed E-state index contributed by atoms with van der Waals surface area (Å²) in [7, 11) is 0. The van der Waals surface area contributed by atoms with E-state index in [1.165, 1.54) is 4.90 Å². The molecule has 1 N–H and O–H groups in total. The van der Waals surface area contributed by atoms with Crippen molar-refractivity contribution in [1.82, 2.24) is 4.90 Å². The Kier molecular flexibility index (Phi) is 4.31. The van der Waals surface area contributed by atoms with Crippen molar-refractivity contribution in [3.05, 3.63) is 36.1 Å². The third-order valence-electron chi connectivity index (χ3n) is 3.45. The van der Waals surface area contributed by atoms with Crippen molar-refractivity contribution in [2.24, 2.45) is 0 Å². The lowest BCUT2D eigenvalue weighted by Crippen LogP contribution is -2.42. The number of benzene rings is 1. The maximum atomic E-state index is 12.5. The summed E-state index contributed by atoms with van der Waals surface area (Å²) in [6.45, 7) is 5.02. The largest absolute Gasteiger partial charge is 0.480 e. The van der Waals surface area contributed by atoms with E-state index in [4.69, 9.17) is 9.52 Å². The fourth-order valence-corrected chi connectivity index (χ4v) is 2.25. The highest BCUT2D eigenvalue weighted by Gasteiger charge is 2.27. The molecule has 21 heavy (non-hydrogen) atoms. The Morgan fingerprint density at radius 3 is 2.48 bits per heavy atom. The molecular weight excluding hydrogens is 270 g/mol. The first-order valence-electron chi connectivity index (χ1n) is 6.91. The molecule has 0 spiro atoms. The predicted octanol–water partition coefficient (Wildman–Crippen LogP) is 2.86. The van der Waals surface area contributed by atoms with E-state index in [0.29, 0.717) is 5.76 Å². The monoisotopic (exact) mass is 289 g/mol. The van der Waals surface area contributed by atoms with E-state index in [9.17, 15) is 9.59 Å². The third-order valence-corrected chi connectivity index (χ3v) is 3.45. The molecule has 0 radical (unpaired) electrons. The summed E-state index contributed by atoms with van der Waals surface area (Å²) < 4.78 is 5.69. The molecule has 5 nitrogen and oxygen atoms in total. The fraction of sp³-hybridized carbons (Fsp3) is 0.375. The highest BCUT2D eigenvalue weighted by Crippen LogP contribution is 2.26. The normalized spacial score (nSPS) is 12.6. The van der Waals surface area contributed by atoms with Gasteiger partial charge in [0, 0.05) is 11.4 Å². The summed E-state index contributed by atoms with van der Waals surface area (Å²) in [5, 5.41) is 9.86. The van der Waals surface area contributed by atoms with Crippen LogP contribution in [0.5, 0.6) is 0 Å². The van der Waals surface area contributed by atoms with Gasteiger partial charge in [0.2, 0.25) is 5.91 Å². The minimum atomic E-state index is -1.02. The van der Waals surface area contributed by atoms with Crippen molar-refractivity contribution < 1.29 is 19.1 Å². The van der Waals surface area contributed by atoms with Gasteiger partial charge in [-0.3, -0.25) is 9.59 Å². The van der Waals surface area contributed by atoms with Gasteiger partial charge in [0.15, 0.2) is 0 Å². The van der Waals surface area contributed by atoms with Crippen LogP contribution in [-0.2, 0) is 9.59 Å². The summed E-state index contributed by atoms with van der Waals surface area (Å²) in [6.07, 6.45) is 0. The van der Waals surface area contributed by atoms with Gasteiger partial charge >= 0.3 is 5.97 Å². The molecule has 0 saturated carbocycles. The van der Waals surface area contributed by atoms with E-state index in [0.717, 1.165) is 11.0 Å². The van der Waals surface area contributed by atoms with Gasteiger partial charge in [-0.05, 0) is 32.9 Å². The smallest absolute Gasteiger partial charge is 0.323 e. The van der Waals surface area contributed by atoms with Gasteiger partial charge in [-0.2, -0.15) is 0 Å². The summed E-state index contributed by atoms with van der Waals surface area (Å²) in [5.74, 6) is -1.23. The molecule has 5 heteroatoms. The van der Waals surface area contributed by atoms with Crippen LogP contribution in [0, 0.1) is 0 Å². The van der Waals surface area contributed by atoms with Crippen molar-refractivity contribution in [3.8, 4) is 0 Å². The highest BCUT2D eigenvalue weighted by atomic mass is 16.4. The minimum absolute atomic E-state index is 0.180. The standard InChI is InChI=1S/C16H19NO4/c1-10(2)17(9-15(18)19)16(20)11(3)14-8-12-6-4-5-7-13(12)21-14/h4-8,10-11H,9H2,1-3H3,(H,18,19). The molecule has 1 aromatic carbocycles. The number of furan rings is 1. The van der Waals surface area contributed by atoms with Gasteiger partial charge in [0.05, 0.1) is 5.92 Å². The average molecular weight is 289 g/mol. The van der Waals surface area contributed by atoms with Gasteiger partial charge in [-0.1, -0.05) is 18.2 Å². The number of amides is 1. The van der Waals surface area contributed by atoms with Gasteiger partial charge in [-0.15, -0.1) is 0 Å². The van der Waals surface area contributed by atoms with Crippen molar-refractivity contribution in [2.75, 3.05) is 6.54 Å². The molecule has 1 aromatic heterocycles. The van der Waals surface area contributed by atoms with E-state index < -0.39 is 11.9 Å². The van der Waals surface area contributed by atoms with Crippen LogP contribution in [0.4, 0.5) is 0 Å². The second-order valence-electron chi connectivity index (χ2n) is 5.36. The van der Waals surface area contributed by atoms with Crippen molar-refractivity contribution in [2.45, 2.75) is 32.7 Å². The number of fused-ring (bicyclic) bond motifs is 1. The molecular formula is C16H19NO4. The van der Waals surface area contributed by atoms with E-state index in [-0.39, 0.29) is 18.5 Å². The van der Waals surface area contributed by atoms with Crippen LogP contribution in [0.3, 0.4) is 0 Å². The number of hydrogen-bond donors (Lipinski definition) is 1. The number of carbonyl (C=O) groups is 2. The first-order chi connectivity index (χ1) is 9.90.